The number of nitrogens with one attached hydrogen (secondary N) is 1. The van der Waals surface area contributed by atoms with Gasteiger partial charge in [0.1, 0.15) is 6.33 Å². The molecular formula is C12H20N4. The van der Waals surface area contributed by atoms with Crippen LogP contribution in [-0.2, 0) is 6.54 Å². The molecule has 16 heavy (non-hydrogen) atoms. The summed E-state index contributed by atoms with van der Waals surface area (Å²) in [5.41, 5.74) is 1.11. The van der Waals surface area contributed by atoms with Crippen molar-refractivity contribution in [2.75, 3.05) is 13.1 Å². The largest absolute Gasteiger partial charge is 0.311 e. The molecular weight excluding hydrogens is 200 g/mol. The van der Waals surface area contributed by atoms with Gasteiger partial charge in [0, 0.05) is 37.9 Å². The maximum Gasteiger partial charge on any atom is 0.115 e. The maximum atomic E-state index is 4.29. The molecule has 1 aromatic heterocycles. The van der Waals surface area contributed by atoms with Crippen molar-refractivity contribution in [2.24, 2.45) is 0 Å². The number of piperazine rings is 1. The summed E-state index contributed by atoms with van der Waals surface area (Å²) in [6.07, 6.45) is 4.63. The molecule has 1 fully saturated rings. The van der Waals surface area contributed by atoms with Gasteiger partial charge >= 0.3 is 0 Å². The fourth-order valence-corrected chi connectivity index (χ4v) is 2.25. The summed E-state index contributed by atoms with van der Waals surface area (Å²) >= 11 is 0. The minimum atomic E-state index is 0.574. The number of hydrogen-bond acceptors (Lipinski definition) is 4. The van der Waals surface area contributed by atoms with Gasteiger partial charge in [-0.2, -0.15) is 0 Å². The molecule has 0 spiro atoms. The Morgan fingerprint density at radius 3 is 3.12 bits per heavy atom. The molecule has 2 heterocycles. The van der Waals surface area contributed by atoms with Crippen molar-refractivity contribution in [2.45, 2.75) is 38.9 Å². The molecule has 2 atom stereocenters. The molecule has 0 radical (unpaired) electrons. The molecule has 0 aliphatic carbocycles. The second-order valence-electron chi connectivity index (χ2n) is 4.50. The molecule has 88 valence electrons. The fraction of sp³-hybridized carbons (Fsp3) is 0.667. The first-order valence-electron chi connectivity index (χ1n) is 6.02. The van der Waals surface area contributed by atoms with Gasteiger partial charge in [0.25, 0.3) is 0 Å². The van der Waals surface area contributed by atoms with Gasteiger partial charge in [0.15, 0.2) is 0 Å². The van der Waals surface area contributed by atoms with Crippen molar-refractivity contribution >= 4 is 0 Å². The Bertz CT molecular complexity index is 314. The Morgan fingerprint density at radius 2 is 2.44 bits per heavy atom. The predicted octanol–water partition coefficient (Wildman–Crippen LogP) is 1.05. The van der Waals surface area contributed by atoms with E-state index >= 15 is 0 Å². The zero-order valence-corrected chi connectivity index (χ0v) is 10.1. The Kier molecular flexibility index (Phi) is 3.85. The molecule has 0 bridgehead atoms. The van der Waals surface area contributed by atoms with Crippen LogP contribution in [0, 0.1) is 0 Å². The summed E-state index contributed by atoms with van der Waals surface area (Å²) in [4.78, 5) is 10.8. The van der Waals surface area contributed by atoms with Gasteiger partial charge in [-0.05, 0) is 19.4 Å². The second kappa shape index (κ2) is 5.37. The molecule has 1 aliphatic heterocycles. The molecule has 4 heteroatoms. The minimum Gasteiger partial charge on any atom is -0.311 e. The second-order valence-corrected chi connectivity index (χ2v) is 4.50. The monoisotopic (exact) mass is 220 g/mol. The lowest BCUT2D eigenvalue weighted by molar-refractivity contribution is 0.122. The van der Waals surface area contributed by atoms with Gasteiger partial charge in [0.2, 0.25) is 0 Å². The molecule has 4 nitrogen and oxygen atoms in total. The molecule has 0 saturated carbocycles. The molecule has 2 rings (SSSR count). The van der Waals surface area contributed by atoms with Crippen LogP contribution < -0.4 is 5.32 Å². The summed E-state index contributed by atoms with van der Waals surface area (Å²) < 4.78 is 0. The maximum absolute atomic E-state index is 4.29. The standard InChI is InChI=1S/C12H20N4/c1-3-12-6-14-10(2)7-16(12)8-11-4-5-13-9-15-11/h4-5,9-10,12,14H,3,6-8H2,1-2H3. The molecule has 0 aromatic carbocycles. The van der Waals surface area contributed by atoms with Gasteiger partial charge in [-0.15, -0.1) is 0 Å². The van der Waals surface area contributed by atoms with E-state index in [2.05, 4.69) is 34.0 Å². The summed E-state index contributed by atoms with van der Waals surface area (Å²) in [5.74, 6) is 0. The molecule has 2 unspecified atom stereocenters. The zero-order chi connectivity index (χ0) is 11.4. The van der Waals surface area contributed by atoms with Crippen molar-refractivity contribution in [3.63, 3.8) is 0 Å². The Morgan fingerprint density at radius 1 is 1.56 bits per heavy atom. The van der Waals surface area contributed by atoms with Gasteiger partial charge in [-0.25, -0.2) is 9.97 Å². The third-order valence-electron chi connectivity index (χ3n) is 3.21. The van der Waals surface area contributed by atoms with E-state index in [0.29, 0.717) is 12.1 Å². The van der Waals surface area contributed by atoms with E-state index in [1.807, 2.05) is 12.3 Å². The quantitative estimate of drug-likeness (QED) is 0.826. The van der Waals surface area contributed by atoms with Gasteiger partial charge in [0.05, 0.1) is 5.69 Å². The van der Waals surface area contributed by atoms with Crippen molar-refractivity contribution in [3.8, 4) is 0 Å². The van der Waals surface area contributed by atoms with Crippen LogP contribution in [0.3, 0.4) is 0 Å². The van der Waals surface area contributed by atoms with Crippen LogP contribution in [-0.4, -0.2) is 40.0 Å². The SMILES string of the molecule is CCC1CNC(C)CN1Cc1ccncn1. The van der Waals surface area contributed by atoms with Crippen LogP contribution in [0.25, 0.3) is 0 Å². The summed E-state index contributed by atoms with van der Waals surface area (Å²) in [6.45, 7) is 7.60. The summed E-state index contributed by atoms with van der Waals surface area (Å²) in [7, 11) is 0. The highest BCUT2D eigenvalue weighted by molar-refractivity contribution is 4.99. The number of rotatable bonds is 3. The van der Waals surface area contributed by atoms with Crippen LogP contribution in [0.15, 0.2) is 18.6 Å². The molecule has 1 saturated heterocycles. The normalized spacial score (nSPS) is 26.9. The number of nitrogens with zero attached hydrogens (tertiary/aromatic N) is 3. The van der Waals surface area contributed by atoms with Gasteiger partial charge in [-0.3, -0.25) is 4.90 Å². The number of hydrogen-bond donors (Lipinski definition) is 1. The van der Waals surface area contributed by atoms with Gasteiger partial charge < -0.3 is 5.32 Å². The highest BCUT2D eigenvalue weighted by atomic mass is 15.2. The lowest BCUT2D eigenvalue weighted by Crippen LogP contribution is -2.54. The van der Waals surface area contributed by atoms with E-state index < -0.39 is 0 Å². The van der Waals surface area contributed by atoms with E-state index in [1.54, 1.807) is 6.33 Å². The van der Waals surface area contributed by atoms with Gasteiger partial charge in [-0.1, -0.05) is 6.92 Å². The zero-order valence-electron chi connectivity index (χ0n) is 10.1. The first kappa shape index (κ1) is 11.5. The topological polar surface area (TPSA) is 41.0 Å². The first-order chi connectivity index (χ1) is 7.79. The summed E-state index contributed by atoms with van der Waals surface area (Å²) in [6, 6.07) is 3.20. The van der Waals surface area contributed by atoms with Crippen LogP contribution in [0.1, 0.15) is 26.0 Å². The van der Waals surface area contributed by atoms with E-state index in [-0.39, 0.29) is 0 Å². The lowest BCUT2D eigenvalue weighted by atomic mass is 10.1. The van der Waals surface area contributed by atoms with Crippen molar-refractivity contribution in [3.05, 3.63) is 24.3 Å². The third-order valence-corrected chi connectivity index (χ3v) is 3.21. The van der Waals surface area contributed by atoms with Crippen LogP contribution in [0.5, 0.6) is 0 Å². The van der Waals surface area contributed by atoms with E-state index in [4.69, 9.17) is 0 Å². The van der Waals surface area contributed by atoms with Crippen LogP contribution in [0.2, 0.25) is 0 Å². The lowest BCUT2D eigenvalue weighted by Gasteiger charge is -2.38. The highest BCUT2D eigenvalue weighted by Gasteiger charge is 2.24. The highest BCUT2D eigenvalue weighted by Crippen LogP contribution is 2.13. The molecule has 0 amide bonds. The average molecular weight is 220 g/mol. The van der Waals surface area contributed by atoms with Crippen molar-refractivity contribution in [1.29, 1.82) is 0 Å². The van der Waals surface area contributed by atoms with E-state index in [1.165, 1.54) is 6.42 Å². The van der Waals surface area contributed by atoms with Crippen molar-refractivity contribution in [1.82, 2.24) is 20.2 Å². The van der Waals surface area contributed by atoms with Crippen LogP contribution in [0.4, 0.5) is 0 Å². The fourth-order valence-electron chi connectivity index (χ4n) is 2.25. The van der Waals surface area contributed by atoms with E-state index in [9.17, 15) is 0 Å². The smallest absolute Gasteiger partial charge is 0.115 e. The van der Waals surface area contributed by atoms with Crippen molar-refractivity contribution < 1.29 is 0 Å². The van der Waals surface area contributed by atoms with Crippen LogP contribution >= 0.6 is 0 Å². The molecule has 1 N–H and O–H groups in total. The average Bonchev–Trinajstić information content (AvgIpc) is 2.31. The Hall–Kier alpha value is -1.00. The predicted molar refractivity (Wildman–Crippen MR) is 64.0 cm³/mol. The van der Waals surface area contributed by atoms with E-state index in [0.717, 1.165) is 25.3 Å². The minimum absolute atomic E-state index is 0.574. The first-order valence-corrected chi connectivity index (χ1v) is 6.02. The summed E-state index contributed by atoms with van der Waals surface area (Å²) in [5, 5.41) is 3.52. The number of aromatic nitrogens is 2. The molecule has 1 aromatic rings. The molecule has 1 aliphatic rings. The Balaban J connectivity index is 2.01. The Labute approximate surface area is 97.1 Å². The third kappa shape index (κ3) is 2.77.